The standard InChI is InChI=1S/C28H23FN2O4S/c1-2-34-27(33)22-23-21(24(32)17-9-5-3-6-10-17)26(36)31(20-15-13-19(29)14-16-20)28(23,35-25(22)30)18-11-7-4-8-12-18/h3-16,21,23H,2,30H2,1H3/t21-,23-,28+/m1/s1. The SMILES string of the molecule is CCOC(=O)C1=C(N)O[C@@]2(c3ccccc3)[C@@H]1[C@H](C(=O)c1ccccc1)C(=S)N2c1ccc(F)cc1. The van der Waals surface area contributed by atoms with Gasteiger partial charge in [0.2, 0.25) is 5.72 Å². The zero-order chi connectivity index (χ0) is 25.4. The molecule has 3 aromatic carbocycles. The van der Waals surface area contributed by atoms with Gasteiger partial charge in [-0.15, -0.1) is 0 Å². The highest BCUT2D eigenvalue weighted by Crippen LogP contribution is 2.58. The van der Waals surface area contributed by atoms with Crippen LogP contribution in [0.25, 0.3) is 0 Å². The number of fused-ring (bicyclic) bond motifs is 1. The number of thiocarbonyl (C=S) groups is 1. The highest BCUT2D eigenvalue weighted by atomic mass is 32.1. The fourth-order valence-electron chi connectivity index (χ4n) is 5.09. The van der Waals surface area contributed by atoms with Gasteiger partial charge in [-0.25, -0.2) is 9.18 Å². The van der Waals surface area contributed by atoms with Crippen molar-refractivity contribution in [2.75, 3.05) is 11.5 Å². The Bertz CT molecular complexity index is 1360. The van der Waals surface area contributed by atoms with Crippen molar-refractivity contribution in [3.63, 3.8) is 0 Å². The predicted molar refractivity (Wildman–Crippen MR) is 136 cm³/mol. The maximum atomic E-state index is 14.0. The fraction of sp³-hybridized carbons (Fsp3) is 0.179. The number of nitrogens with zero attached hydrogens (tertiary/aromatic N) is 1. The number of benzene rings is 3. The number of hydrogen-bond donors (Lipinski definition) is 1. The van der Waals surface area contributed by atoms with Gasteiger partial charge >= 0.3 is 5.97 Å². The maximum absolute atomic E-state index is 14.0. The van der Waals surface area contributed by atoms with E-state index >= 15 is 0 Å². The fourth-order valence-corrected chi connectivity index (χ4v) is 5.58. The summed E-state index contributed by atoms with van der Waals surface area (Å²) in [5.41, 5.74) is 6.51. The van der Waals surface area contributed by atoms with Crippen molar-refractivity contribution >= 4 is 34.6 Å². The Morgan fingerprint density at radius 2 is 1.64 bits per heavy atom. The molecule has 0 spiro atoms. The Balaban J connectivity index is 1.78. The molecule has 0 amide bonds. The molecule has 3 aromatic rings. The first-order valence-electron chi connectivity index (χ1n) is 11.5. The first kappa shape index (κ1) is 23.7. The summed E-state index contributed by atoms with van der Waals surface area (Å²) in [5, 5.41) is 0. The second-order valence-electron chi connectivity index (χ2n) is 8.50. The molecule has 2 heterocycles. The molecular formula is C28H23FN2O4S. The summed E-state index contributed by atoms with van der Waals surface area (Å²) >= 11 is 5.94. The molecule has 0 radical (unpaired) electrons. The lowest BCUT2D eigenvalue weighted by Crippen LogP contribution is -2.47. The highest BCUT2D eigenvalue weighted by Gasteiger charge is 2.68. The maximum Gasteiger partial charge on any atom is 0.339 e. The minimum absolute atomic E-state index is 0.0574. The Labute approximate surface area is 213 Å². The summed E-state index contributed by atoms with van der Waals surface area (Å²) in [6.07, 6.45) is 0. The van der Waals surface area contributed by atoms with Crippen molar-refractivity contribution < 1.29 is 23.5 Å². The summed E-state index contributed by atoms with van der Waals surface area (Å²) in [7, 11) is 0. The third-order valence-electron chi connectivity index (χ3n) is 6.52. The van der Waals surface area contributed by atoms with E-state index in [1.807, 2.05) is 36.4 Å². The third kappa shape index (κ3) is 3.56. The van der Waals surface area contributed by atoms with Crippen LogP contribution < -0.4 is 10.6 Å². The smallest absolute Gasteiger partial charge is 0.339 e. The number of hydrogen-bond acceptors (Lipinski definition) is 6. The number of Topliss-reactive ketones (excluding diaryl/α,β-unsaturated/α-hetero) is 1. The number of carbonyl (C=O) groups is 2. The second-order valence-corrected chi connectivity index (χ2v) is 8.92. The summed E-state index contributed by atoms with van der Waals surface area (Å²) in [4.78, 5) is 29.1. The molecule has 2 N–H and O–H groups in total. The number of rotatable bonds is 6. The van der Waals surface area contributed by atoms with Crippen LogP contribution in [0.1, 0.15) is 22.8 Å². The van der Waals surface area contributed by atoms with Crippen LogP contribution in [0.4, 0.5) is 10.1 Å². The number of anilines is 1. The Morgan fingerprint density at radius 3 is 2.25 bits per heavy atom. The number of ketones is 1. The number of carbonyl (C=O) groups excluding carboxylic acids is 2. The van der Waals surface area contributed by atoms with Gasteiger partial charge in [-0.2, -0.15) is 0 Å². The summed E-state index contributed by atoms with van der Waals surface area (Å²) in [5.74, 6) is -3.41. The third-order valence-corrected chi connectivity index (χ3v) is 6.96. The molecule has 2 aliphatic rings. The average Bonchev–Trinajstić information content (AvgIpc) is 3.32. The zero-order valence-electron chi connectivity index (χ0n) is 19.4. The van der Waals surface area contributed by atoms with Crippen molar-refractivity contribution in [1.29, 1.82) is 0 Å². The number of esters is 1. The van der Waals surface area contributed by atoms with Crippen LogP contribution >= 0.6 is 12.2 Å². The molecule has 3 atom stereocenters. The molecule has 182 valence electrons. The summed E-state index contributed by atoms with van der Waals surface area (Å²) in [6, 6.07) is 23.6. The molecule has 0 unspecified atom stereocenters. The molecule has 1 fully saturated rings. The molecule has 36 heavy (non-hydrogen) atoms. The first-order valence-corrected chi connectivity index (χ1v) is 11.9. The van der Waals surface area contributed by atoms with Gasteiger partial charge in [0.1, 0.15) is 11.4 Å². The predicted octanol–water partition coefficient (Wildman–Crippen LogP) is 4.71. The lowest BCUT2D eigenvalue weighted by molar-refractivity contribution is -0.139. The Hall–Kier alpha value is -4.04. The number of nitrogens with two attached hydrogens (primary N) is 1. The monoisotopic (exact) mass is 502 g/mol. The largest absolute Gasteiger partial charge is 0.462 e. The van der Waals surface area contributed by atoms with E-state index in [0.29, 0.717) is 16.8 Å². The molecule has 6 nitrogen and oxygen atoms in total. The van der Waals surface area contributed by atoms with Gasteiger partial charge < -0.3 is 15.2 Å². The molecular weight excluding hydrogens is 479 g/mol. The quantitative estimate of drug-likeness (QED) is 0.297. The summed E-state index contributed by atoms with van der Waals surface area (Å²) in [6.45, 7) is 1.80. The van der Waals surface area contributed by atoms with Gasteiger partial charge in [-0.05, 0) is 31.2 Å². The van der Waals surface area contributed by atoms with Crippen molar-refractivity contribution in [3.05, 3.63) is 113 Å². The zero-order valence-corrected chi connectivity index (χ0v) is 20.2. The van der Waals surface area contributed by atoms with Crippen LogP contribution in [0.2, 0.25) is 0 Å². The van der Waals surface area contributed by atoms with E-state index in [2.05, 4.69) is 0 Å². The topological polar surface area (TPSA) is 81.9 Å². The van der Waals surface area contributed by atoms with Crippen LogP contribution in [-0.2, 0) is 20.0 Å². The van der Waals surface area contributed by atoms with Crippen LogP contribution in [0.5, 0.6) is 0 Å². The first-order chi connectivity index (χ1) is 17.4. The van der Waals surface area contributed by atoms with Crippen LogP contribution in [-0.4, -0.2) is 23.3 Å². The van der Waals surface area contributed by atoms with Crippen molar-refractivity contribution in [3.8, 4) is 0 Å². The molecule has 5 rings (SSSR count). The van der Waals surface area contributed by atoms with E-state index in [4.69, 9.17) is 27.4 Å². The molecule has 8 heteroatoms. The van der Waals surface area contributed by atoms with Crippen molar-refractivity contribution in [2.45, 2.75) is 12.6 Å². The van der Waals surface area contributed by atoms with Gasteiger partial charge in [-0.3, -0.25) is 9.69 Å². The molecule has 0 bridgehead atoms. The van der Waals surface area contributed by atoms with E-state index < -0.39 is 29.3 Å². The molecule has 0 aromatic heterocycles. The van der Waals surface area contributed by atoms with E-state index in [0.717, 1.165) is 0 Å². The second kappa shape index (κ2) is 9.20. The van der Waals surface area contributed by atoms with E-state index in [1.165, 1.54) is 12.1 Å². The van der Waals surface area contributed by atoms with Gasteiger partial charge in [0.15, 0.2) is 11.7 Å². The van der Waals surface area contributed by atoms with Crippen LogP contribution in [0, 0.1) is 17.7 Å². The molecule has 2 aliphatic heterocycles. The van der Waals surface area contributed by atoms with Gasteiger partial charge in [0, 0.05) is 16.8 Å². The van der Waals surface area contributed by atoms with Crippen molar-refractivity contribution in [2.24, 2.45) is 17.6 Å². The van der Waals surface area contributed by atoms with Crippen LogP contribution in [0.3, 0.4) is 0 Å². The Kier molecular flexibility index (Phi) is 6.05. The van der Waals surface area contributed by atoms with Crippen LogP contribution in [0.15, 0.2) is 96.4 Å². The average molecular weight is 503 g/mol. The van der Waals surface area contributed by atoms with E-state index in [-0.39, 0.29) is 28.8 Å². The van der Waals surface area contributed by atoms with Gasteiger partial charge in [0.05, 0.1) is 23.4 Å². The lowest BCUT2D eigenvalue weighted by Gasteiger charge is -2.39. The minimum Gasteiger partial charge on any atom is -0.462 e. The Morgan fingerprint density at radius 1 is 1.03 bits per heavy atom. The van der Waals surface area contributed by atoms with Gasteiger partial charge in [0.25, 0.3) is 0 Å². The molecule has 1 saturated heterocycles. The van der Waals surface area contributed by atoms with E-state index in [9.17, 15) is 14.0 Å². The van der Waals surface area contributed by atoms with Gasteiger partial charge in [-0.1, -0.05) is 72.9 Å². The molecule has 0 aliphatic carbocycles. The normalized spacial score (nSPS) is 22.8. The number of ether oxygens (including phenoxy) is 2. The molecule has 0 saturated carbocycles. The summed E-state index contributed by atoms with van der Waals surface area (Å²) < 4.78 is 25.6. The van der Waals surface area contributed by atoms with E-state index in [1.54, 1.807) is 48.2 Å². The minimum atomic E-state index is -1.46. The van der Waals surface area contributed by atoms with Crippen molar-refractivity contribution in [1.82, 2.24) is 0 Å². The highest BCUT2D eigenvalue weighted by molar-refractivity contribution is 7.80. The number of halogens is 1. The lowest BCUT2D eigenvalue weighted by atomic mass is 9.77.